The van der Waals surface area contributed by atoms with Gasteiger partial charge < -0.3 is 4.55 Å². The van der Waals surface area contributed by atoms with Gasteiger partial charge in [-0.15, -0.1) is 0 Å². The van der Waals surface area contributed by atoms with Crippen molar-refractivity contribution < 1.29 is 47.5 Å². The molecule has 1 aromatic carbocycles. The van der Waals surface area contributed by atoms with E-state index >= 15 is 0 Å². The Morgan fingerprint density at radius 2 is 1.80 bits per heavy atom. The van der Waals surface area contributed by atoms with E-state index < -0.39 is 25.6 Å². The molecule has 0 aliphatic heterocycles. The van der Waals surface area contributed by atoms with Crippen molar-refractivity contribution in [1.82, 2.24) is 0 Å². The van der Waals surface area contributed by atoms with Gasteiger partial charge in [0.2, 0.25) is 0 Å². The fourth-order valence-corrected chi connectivity index (χ4v) is 1.97. The van der Waals surface area contributed by atoms with Crippen LogP contribution in [0.3, 0.4) is 0 Å². The third-order valence-corrected chi connectivity index (χ3v) is 2.63. The van der Waals surface area contributed by atoms with Crippen LogP contribution in [-0.4, -0.2) is 17.9 Å². The van der Waals surface area contributed by atoms with Gasteiger partial charge in [0.05, 0.1) is 9.82 Å². The molecular formula is C6H3BrNNaO5S. The molecule has 0 aliphatic rings. The van der Waals surface area contributed by atoms with Gasteiger partial charge in [0.25, 0.3) is 5.69 Å². The van der Waals surface area contributed by atoms with Crippen molar-refractivity contribution in [2.75, 3.05) is 0 Å². The van der Waals surface area contributed by atoms with E-state index in [4.69, 9.17) is 0 Å². The van der Waals surface area contributed by atoms with Crippen molar-refractivity contribution >= 4 is 31.7 Å². The molecule has 0 aromatic heterocycles. The zero-order valence-corrected chi connectivity index (χ0v) is 11.9. The molecule has 0 saturated heterocycles. The summed E-state index contributed by atoms with van der Waals surface area (Å²) in [4.78, 5) is 8.92. The maximum Gasteiger partial charge on any atom is 1.00 e. The van der Waals surface area contributed by atoms with E-state index in [1.807, 2.05) is 0 Å². The minimum Gasteiger partial charge on any atom is -0.744 e. The Balaban J connectivity index is 0.00000196. The molecule has 0 radical (unpaired) electrons. The molecule has 1 rings (SSSR count). The smallest absolute Gasteiger partial charge is 0.744 e. The Labute approximate surface area is 116 Å². The van der Waals surface area contributed by atoms with Gasteiger partial charge in [0, 0.05) is 16.6 Å². The number of benzene rings is 1. The third-order valence-electron chi connectivity index (χ3n) is 1.36. The fraction of sp³-hybridized carbons (Fsp3) is 0. The van der Waals surface area contributed by atoms with Crippen molar-refractivity contribution in [3.63, 3.8) is 0 Å². The fourth-order valence-electron chi connectivity index (χ4n) is 0.798. The summed E-state index contributed by atoms with van der Waals surface area (Å²) < 4.78 is 31.9. The van der Waals surface area contributed by atoms with Crippen molar-refractivity contribution in [2.45, 2.75) is 4.90 Å². The number of hydrogen-bond donors (Lipinski definition) is 0. The standard InChI is InChI=1S/C6H4BrNO5S.Na/c7-4-1-5(8(9)10)3-6(2-4)14(11,12)13;/h1-3H,(H,11,12,13);/q;+1/p-1. The number of nitro benzene ring substituents is 1. The molecule has 0 unspecified atom stereocenters. The van der Waals surface area contributed by atoms with Crippen LogP contribution in [0.1, 0.15) is 0 Å². The molecule has 15 heavy (non-hydrogen) atoms. The van der Waals surface area contributed by atoms with Crippen molar-refractivity contribution in [3.05, 3.63) is 32.8 Å². The molecular weight excluding hydrogens is 301 g/mol. The van der Waals surface area contributed by atoms with E-state index in [1.165, 1.54) is 0 Å². The second kappa shape index (κ2) is 5.37. The van der Waals surface area contributed by atoms with Gasteiger partial charge in [0.15, 0.2) is 0 Å². The largest absolute Gasteiger partial charge is 1.00 e. The van der Waals surface area contributed by atoms with Crippen LogP contribution in [0.4, 0.5) is 5.69 Å². The van der Waals surface area contributed by atoms with E-state index in [9.17, 15) is 23.1 Å². The summed E-state index contributed by atoms with van der Waals surface area (Å²) in [5, 5.41) is 10.3. The zero-order chi connectivity index (χ0) is 10.9. The number of non-ortho nitro benzene ring substituents is 1. The van der Waals surface area contributed by atoms with Crippen LogP contribution in [-0.2, 0) is 10.1 Å². The summed E-state index contributed by atoms with van der Waals surface area (Å²) in [7, 11) is -4.67. The van der Waals surface area contributed by atoms with E-state index in [2.05, 4.69) is 15.9 Å². The van der Waals surface area contributed by atoms with Gasteiger partial charge in [-0.05, 0) is 6.07 Å². The van der Waals surface area contributed by atoms with Crippen LogP contribution in [0.25, 0.3) is 0 Å². The zero-order valence-electron chi connectivity index (χ0n) is 7.51. The minimum atomic E-state index is -4.67. The number of hydrogen-bond acceptors (Lipinski definition) is 5. The van der Waals surface area contributed by atoms with Gasteiger partial charge in [-0.3, -0.25) is 10.1 Å². The van der Waals surface area contributed by atoms with E-state index in [-0.39, 0.29) is 34.0 Å². The van der Waals surface area contributed by atoms with Gasteiger partial charge in [-0.1, -0.05) is 15.9 Å². The Hall–Kier alpha value is 0.01000. The second-order valence-corrected chi connectivity index (χ2v) is 4.65. The SMILES string of the molecule is O=[N+]([O-])c1cc(Br)cc(S(=O)(=O)[O-])c1.[Na+]. The summed E-state index contributed by atoms with van der Waals surface area (Å²) in [5.74, 6) is 0. The number of rotatable bonds is 2. The Morgan fingerprint density at radius 3 is 2.20 bits per heavy atom. The van der Waals surface area contributed by atoms with Gasteiger partial charge in [-0.25, -0.2) is 8.42 Å². The quantitative estimate of drug-likeness (QED) is 0.280. The molecule has 1 aromatic rings. The summed E-state index contributed by atoms with van der Waals surface area (Å²) in [5.41, 5.74) is -0.450. The van der Waals surface area contributed by atoms with Crippen LogP contribution in [0, 0.1) is 10.1 Å². The van der Waals surface area contributed by atoms with Gasteiger partial charge in [0.1, 0.15) is 10.1 Å². The third kappa shape index (κ3) is 4.17. The van der Waals surface area contributed by atoms with Crippen LogP contribution >= 0.6 is 15.9 Å². The maximum atomic E-state index is 10.6. The second-order valence-electron chi connectivity index (χ2n) is 2.36. The monoisotopic (exact) mass is 303 g/mol. The first-order valence-electron chi connectivity index (χ1n) is 3.21. The summed E-state index contributed by atoms with van der Waals surface area (Å²) >= 11 is 2.87. The molecule has 9 heteroatoms. The van der Waals surface area contributed by atoms with Crippen LogP contribution < -0.4 is 29.6 Å². The van der Waals surface area contributed by atoms with E-state index in [1.54, 1.807) is 0 Å². The molecule has 0 bridgehead atoms. The number of nitrogens with zero attached hydrogens (tertiary/aromatic N) is 1. The molecule has 0 amide bonds. The molecule has 0 spiro atoms. The topological polar surface area (TPSA) is 100 Å². The number of nitro groups is 1. The summed E-state index contributed by atoms with van der Waals surface area (Å²) in [6.07, 6.45) is 0. The maximum absolute atomic E-state index is 10.6. The Kier molecular flexibility index (Phi) is 5.38. The van der Waals surface area contributed by atoms with Crippen molar-refractivity contribution in [2.24, 2.45) is 0 Å². The first kappa shape index (κ1) is 15.0. The van der Waals surface area contributed by atoms with Crippen LogP contribution in [0.2, 0.25) is 0 Å². The van der Waals surface area contributed by atoms with Crippen molar-refractivity contribution in [3.8, 4) is 0 Å². The number of halogens is 1. The van der Waals surface area contributed by atoms with Crippen LogP contribution in [0.15, 0.2) is 27.6 Å². The first-order chi connectivity index (χ1) is 6.30. The summed E-state index contributed by atoms with van der Waals surface area (Å²) in [6, 6.07) is 2.83. The van der Waals surface area contributed by atoms with E-state index in [0.717, 1.165) is 12.1 Å². The normalized spacial score (nSPS) is 10.5. The molecule has 76 valence electrons. The molecule has 6 nitrogen and oxygen atoms in total. The molecule has 0 N–H and O–H groups in total. The minimum absolute atomic E-state index is 0. The molecule has 0 atom stereocenters. The van der Waals surface area contributed by atoms with Gasteiger partial charge >= 0.3 is 29.6 Å². The Morgan fingerprint density at radius 1 is 1.27 bits per heavy atom. The predicted octanol–water partition coefficient (Wildman–Crippen LogP) is -1.73. The molecule has 0 fully saturated rings. The average molecular weight is 304 g/mol. The van der Waals surface area contributed by atoms with Gasteiger partial charge in [-0.2, -0.15) is 0 Å². The van der Waals surface area contributed by atoms with E-state index in [0.29, 0.717) is 6.07 Å². The molecule has 0 saturated carbocycles. The van der Waals surface area contributed by atoms with Crippen LogP contribution in [0.5, 0.6) is 0 Å². The van der Waals surface area contributed by atoms with Crippen molar-refractivity contribution in [1.29, 1.82) is 0 Å². The first-order valence-corrected chi connectivity index (χ1v) is 5.42. The molecule has 0 aliphatic carbocycles. The average Bonchev–Trinajstić information content (AvgIpc) is 2.01. The predicted molar refractivity (Wildman–Crippen MR) is 48.8 cm³/mol. The summed E-state index contributed by atoms with van der Waals surface area (Å²) in [6.45, 7) is 0. The Bertz CT molecular complexity index is 488. The molecule has 0 heterocycles.